The minimum absolute atomic E-state index is 0.210. The van der Waals surface area contributed by atoms with Crippen LogP contribution in [0.3, 0.4) is 0 Å². The van der Waals surface area contributed by atoms with Gasteiger partial charge in [-0.3, -0.25) is 0 Å². The van der Waals surface area contributed by atoms with Crippen molar-refractivity contribution in [2.24, 2.45) is 0 Å². The van der Waals surface area contributed by atoms with Crippen molar-refractivity contribution >= 4 is 0 Å². The van der Waals surface area contributed by atoms with Gasteiger partial charge in [0.1, 0.15) is 12.4 Å². The van der Waals surface area contributed by atoms with E-state index in [2.05, 4.69) is 32.9 Å². The van der Waals surface area contributed by atoms with Gasteiger partial charge in [-0.15, -0.1) is 0 Å². The Labute approximate surface area is 116 Å². The van der Waals surface area contributed by atoms with Crippen molar-refractivity contribution in [1.82, 2.24) is 0 Å². The topological polar surface area (TPSA) is 29.5 Å². The molecule has 2 nitrogen and oxygen atoms in total. The van der Waals surface area contributed by atoms with Crippen LogP contribution in [0.25, 0.3) is 0 Å². The molecule has 0 aromatic heterocycles. The van der Waals surface area contributed by atoms with E-state index in [0.717, 1.165) is 37.9 Å². The van der Waals surface area contributed by atoms with Crippen LogP contribution in [-0.2, 0) is 5.41 Å². The summed E-state index contributed by atoms with van der Waals surface area (Å²) >= 11 is 0. The monoisotopic (exact) mass is 262 g/mol. The second-order valence-electron chi connectivity index (χ2n) is 6.48. The molecule has 0 bridgehead atoms. The third-order valence-electron chi connectivity index (χ3n) is 4.56. The lowest BCUT2D eigenvalue weighted by atomic mass is 9.82. The van der Waals surface area contributed by atoms with E-state index >= 15 is 0 Å². The van der Waals surface area contributed by atoms with Crippen molar-refractivity contribution < 1.29 is 9.84 Å². The van der Waals surface area contributed by atoms with Gasteiger partial charge in [0.15, 0.2) is 0 Å². The highest BCUT2D eigenvalue weighted by Crippen LogP contribution is 2.31. The number of ether oxygens (including phenoxy) is 1. The number of hydrogen-bond acceptors (Lipinski definition) is 2. The first-order valence-electron chi connectivity index (χ1n) is 7.41. The smallest absolute Gasteiger partial charge is 0.119 e. The highest BCUT2D eigenvalue weighted by molar-refractivity contribution is 5.31. The standard InChI is InChI=1S/C17H26O2/c1-4-16(2,3)14-7-9-15(10-8-14)19-13-17(18)11-5-6-12-17/h7-10,18H,4-6,11-13H2,1-3H3. The van der Waals surface area contributed by atoms with Gasteiger partial charge in [-0.2, -0.15) is 0 Å². The fourth-order valence-corrected chi connectivity index (χ4v) is 2.60. The largest absolute Gasteiger partial charge is 0.491 e. The maximum Gasteiger partial charge on any atom is 0.119 e. The maximum absolute atomic E-state index is 10.2. The quantitative estimate of drug-likeness (QED) is 0.867. The molecule has 19 heavy (non-hydrogen) atoms. The van der Waals surface area contributed by atoms with Crippen molar-refractivity contribution in [3.8, 4) is 5.75 Å². The first-order chi connectivity index (χ1) is 8.95. The lowest BCUT2D eigenvalue weighted by molar-refractivity contribution is 0.00140. The van der Waals surface area contributed by atoms with E-state index in [1.54, 1.807) is 0 Å². The third kappa shape index (κ3) is 3.50. The predicted molar refractivity (Wildman–Crippen MR) is 78.7 cm³/mol. The zero-order valence-corrected chi connectivity index (χ0v) is 12.4. The van der Waals surface area contributed by atoms with E-state index < -0.39 is 5.60 Å². The Kier molecular flexibility index (Phi) is 4.19. The van der Waals surface area contributed by atoms with Gasteiger partial charge in [0.25, 0.3) is 0 Å². The molecule has 0 spiro atoms. The summed E-state index contributed by atoms with van der Waals surface area (Å²) < 4.78 is 5.74. The first-order valence-corrected chi connectivity index (χ1v) is 7.41. The van der Waals surface area contributed by atoms with Crippen LogP contribution in [-0.4, -0.2) is 17.3 Å². The molecular weight excluding hydrogens is 236 g/mol. The molecule has 0 radical (unpaired) electrons. The van der Waals surface area contributed by atoms with E-state index in [9.17, 15) is 5.11 Å². The van der Waals surface area contributed by atoms with E-state index in [1.165, 1.54) is 5.56 Å². The lowest BCUT2D eigenvalue weighted by Gasteiger charge is -2.24. The molecule has 1 aliphatic rings. The lowest BCUT2D eigenvalue weighted by Crippen LogP contribution is -2.32. The first kappa shape index (κ1) is 14.4. The molecule has 1 aliphatic carbocycles. The second-order valence-corrected chi connectivity index (χ2v) is 6.48. The van der Waals surface area contributed by atoms with Crippen molar-refractivity contribution in [2.45, 2.75) is 63.9 Å². The fraction of sp³-hybridized carbons (Fsp3) is 0.647. The van der Waals surface area contributed by atoms with Crippen molar-refractivity contribution in [1.29, 1.82) is 0 Å². The van der Waals surface area contributed by atoms with Crippen LogP contribution < -0.4 is 4.74 Å². The van der Waals surface area contributed by atoms with Crippen LogP contribution in [0.5, 0.6) is 5.75 Å². The van der Waals surface area contributed by atoms with E-state index in [0.29, 0.717) is 6.61 Å². The van der Waals surface area contributed by atoms with E-state index in [4.69, 9.17) is 4.74 Å². The SMILES string of the molecule is CCC(C)(C)c1ccc(OCC2(O)CCCC2)cc1. The van der Waals surface area contributed by atoms with Crippen LogP contribution >= 0.6 is 0 Å². The third-order valence-corrected chi connectivity index (χ3v) is 4.56. The Morgan fingerprint density at radius 2 is 1.74 bits per heavy atom. The van der Waals surface area contributed by atoms with Crippen LogP contribution in [0.2, 0.25) is 0 Å². The minimum atomic E-state index is -0.596. The molecule has 0 amide bonds. The second kappa shape index (κ2) is 5.54. The Balaban J connectivity index is 1.95. The summed E-state index contributed by atoms with van der Waals surface area (Å²) in [6.45, 7) is 7.14. The Hall–Kier alpha value is -1.02. The Morgan fingerprint density at radius 3 is 2.26 bits per heavy atom. The molecule has 2 rings (SSSR count). The van der Waals surface area contributed by atoms with Crippen molar-refractivity contribution in [3.05, 3.63) is 29.8 Å². The van der Waals surface area contributed by atoms with Gasteiger partial charge in [-0.05, 0) is 42.4 Å². The molecule has 1 fully saturated rings. The average Bonchev–Trinajstić information content (AvgIpc) is 2.84. The fourth-order valence-electron chi connectivity index (χ4n) is 2.60. The van der Waals surface area contributed by atoms with Gasteiger partial charge in [0, 0.05) is 0 Å². The summed E-state index contributed by atoms with van der Waals surface area (Å²) in [5.41, 5.74) is 0.950. The Bertz CT molecular complexity index is 400. The summed E-state index contributed by atoms with van der Waals surface area (Å²) in [5.74, 6) is 0.857. The number of hydrogen-bond donors (Lipinski definition) is 1. The number of benzene rings is 1. The molecular formula is C17H26O2. The summed E-state index contributed by atoms with van der Waals surface area (Å²) in [6.07, 6.45) is 5.09. The highest BCUT2D eigenvalue weighted by Gasteiger charge is 2.31. The maximum atomic E-state index is 10.2. The molecule has 1 aromatic carbocycles. The van der Waals surface area contributed by atoms with Gasteiger partial charge in [-0.25, -0.2) is 0 Å². The zero-order valence-electron chi connectivity index (χ0n) is 12.4. The zero-order chi connectivity index (χ0) is 13.9. The highest BCUT2D eigenvalue weighted by atomic mass is 16.5. The molecule has 1 aromatic rings. The summed E-state index contributed by atoms with van der Waals surface area (Å²) in [6, 6.07) is 8.31. The Morgan fingerprint density at radius 1 is 1.16 bits per heavy atom. The summed E-state index contributed by atoms with van der Waals surface area (Å²) in [4.78, 5) is 0. The molecule has 0 aliphatic heterocycles. The van der Waals surface area contributed by atoms with Crippen LogP contribution in [0.1, 0.15) is 58.4 Å². The average molecular weight is 262 g/mol. The molecule has 0 unspecified atom stereocenters. The predicted octanol–water partition coefficient (Wildman–Crippen LogP) is 4.06. The summed E-state index contributed by atoms with van der Waals surface area (Å²) in [7, 11) is 0. The van der Waals surface area contributed by atoms with Crippen LogP contribution in [0.15, 0.2) is 24.3 Å². The van der Waals surface area contributed by atoms with Gasteiger partial charge >= 0.3 is 0 Å². The van der Waals surface area contributed by atoms with Gasteiger partial charge in [-0.1, -0.05) is 45.7 Å². The van der Waals surface area contributed by atoms with Crippen LogP contribution in [0, 0.1) is 0 Å². The molecule has 0 atom stereocenters. The number of aliphatic hydroxyl groups is 1. The molecule has 106 valence electrons. The molecule has 0 heterocycles. The molecule has 1 saturated carbocycles. The van der Waals surface area contributed by atoms with Gasteiger partial charge < -0.3 is 9.84 Å². The number of rotatable bonds is 5. The van der Waals surface area contributed by atoms with E-state index in [1.807, 2.05) is 12.1 Å². The van der Waals surface area contributed by atoms with Gasteiger partial charge in [0.2, 0.25) is 0 Å². The minimum Gasteiger partial charge on any atom is -0.491 e. The van der Waals surface area contributed by atoms with Crippen molar-refractivity contribution in [2.75, 3.05) is 6.61 Å². The van der Waals surface area contributed by atoms with Crippen molar-refractivity contribution in [3.63, 3.8) is 0 Å². The van der Waals surface area contributed by atoms with Gasteiger partial charge in [0.05, 0.1) is 5.60 Å². The van der Waals surface area contributed by atoms with Crippen LogP contribution in [0.4, 0.5) is 0 Å². The molecule has 0 saturated heterocycles. The molecule has 1 N–H and O–H groups in total. The normalized spacial score (nSPS) is 18.5. The van der Waals surface area contributed by atoms with E-state index in [-0.39, 0.29) is 5.41 Å². The molecule has 2 heteroatoms. The summed E-state index contributed by atoms with van der Waals surface area (Å²) in [5, 5.41) is 10.2.